The number of furan rings is 2. The zero-order valence-electron chi connectivity index (χ0n) is 32.4. The van der Waals surface area contributed by atoms with Crippen LogP contribution < -0.4 is 0 Å². The van der Waals surface area contributed by atoms with Crippen LogP contribution in [0.5, 0.6) is 0 Å². The van der Waals surface area contributed by atoms with Gasteiger partial charge in [-0.3, -0.25) is 0 Å². The molecule has 0 atom stereocenters. The maximum atomic E-state index is 6.34. The number of hydrogen-bond donors (Lipinski definition) is 0. The molecule has 13 rings (SSSR count). The largest absolute Gasteiger partial charge is 0.456 e. The van der Waals surface area contributed by atoms with Crippen LogP contribution in [0.4, 0.5) is 0 Å². The molecule has 0 fully saturated rings. The number of hydrogen-bond acceptors (Lipinski definition) is 2. The lowest BCUT2D eigenvalue weighted by Crippen LogP contribution is -1.96. The van der Waals surface area contributed by atoms with Crippen LogP contribution in [0.15, 0.2) is 215 Å². The van der Waals surface area contributed by atoms with E-state index < -0.39 is 0 Å². The summed E-state index contributed by atoms with van der Waals surface area (Å²) < 4.78 is 12.7. The fourth-order valence-corrected chi connectivity index (χ4v) is 10.0. The Bertz CT molecular complexity index is 3710. The lowest BCUT2D eigenvalue weighted by Gasteiger charge is -2.23. The predicted octanol–water partition coefficient (Wildman–Crippen LogP) is 16.8. The second kappa shape index (κ2) is 12.8. The maximum absolute atomic E-state index is 6.34. The topological polar surface area (TPSA) is 26.3 Å². The van der Waals surface area contributed by atoms with Gasteiger partial charge in [-0.2, -0.15) is 0 Å². The standard InChI is InChI=1S/C58H34O2/c1-2-15-38-35(14-1)34-51(42-17-4-3-16-41(38)42)56-45-20-5-7-22-47(45)58(48-23-8-6-21-46(48)56)57-39(36-28-30-54-49(32-36)43-18-9-11-26-52(43)59-54)24-13-25-40(57)37-29-31-55-50(33-37)44-19-10-12-27-53(44)60-55/h1-34H. The highest BCUT2D eigenvalue weighted by Gasteiger charge is 2.24. The lowest BCUT2D eigenvalue weighted by molar-refractivity contribution is 0.668. The molecule has 0 aliphatic heterocycles. The summed E-state index contributed by atoms with van der Waals surface area (Å²) >= 11 is 0. The van der Waals surface area contributed by atoms with E-state index in [4.69, 9.17) is 8.83 Å². The molecule has 2 heterocycles. The van der Waals surface area contributed by atoms with E-state index in [1.54, 1.807) is 0 Å². The summed E-state index contributed by atoms with van der Waals surface area (Å²) in [6, 6.07) is 74.9. The zero-order chi connectivity index (χ0) is 39.3. The third-order valence-electron chi connectivity index (χ3n) is 12.7. The van der Waals surface area contributed by atoms with Crippen LogP contribution in [0.3, 0.4) is 0 Å². The van der Waals surface area contributed by atoms with Crippen molar-refractivity contribution >= 4 is 87.0 Å². The van der Waals surface area contributed by atoms with E-state index in [1.165, 1.54) is 65.3 Å². The van der Waals surface area contributed by atoms with E-state index >= 15 is 0 Å². The second-order valence-electron chi connectivity index (χ2n) is 15.9. The van der Waals surface area contributed by atoms with Crippen molar-refractivity contribution < 1.29 is 8.83 Å². The first kappa shape index (κ1) is 33.1. The fraction of sp³-hybridized carbons (Fsp3) is 0. The molecule has 60 heavy (non-hydrogen) atoms. The van der Waals surface area contributed by atoms with Gasteiger partial charge in [-0.25, -0.2) is 0 Å². The van der Waals surface area contributed by atoms with Gasteiger partial charge in [0.15, 0.2) is 0 Å². The minimum Gasteiger partial charge on any atom is -0.456 e. The minimum absolute atomic E-state index is 0.887. The predicted molar refractivity (Wildman–Crippen MR) is 253 cm³/mol. The van der Waals surface area contributed by atoms with E-state index in [0.29, 0.717) is 0 Å². The van der Waals surface area contributed by atoms with Gasteiger partial charge in [-0.1, -0.05) is 164 Å². The number of fused-ring (bicyclic) bond motifs is 11. The van der Waals surface area contributed by atoms with Gasteiger partial charge >= 0.3 is 0 Å². The molecule has 0 unspecified atom stereocenters. The molecular formula is C58H34O2. The van der Waals surface area contributed by atoms with E-state index in [2.05, 4.69) is 194 Å². The normalized spacial score (nSPS) is 12.0. The van der Waals surface area contributed by atoms with Crippen molar-refractivity contribution in [3.63, 3.8) is 0 Å². The molecule has 2 aromatic heterocycles. The highest BCUT2D eigenvalue weighted by molar-refractivity contribution is 6.27. The highest BCUT2D eigenvalue weighted by atomic mass is 16.3. The minimum atomic E-state index is 0.887. The van der Waals surface area contributed by atoms with E-state index in [-0.39, 0.29) is 0 Å². The van der Waals surface area contributed by atoms with Crippen molar-refractivity contribution in [2.75, 3.05) is 0 Å². The van der Waals surface area contributed by atoms with Crippen LogP contribution in [0.25, 0.3) is 131 Å². The van der Waals surface area contributed by atoms with Gasteiger partial charge in [0, 0.05) is 21.5 Å². The van der Waals surface area contributed by atoms with Crippen LogP contribution >= 0.6 is 0 Å². The van der Waals surface area contributed by atoms with Crippen molar-refractivity contribution in [3.8, 4) is 44.5 Å². The zero-order valence-corrected chi connectivity index (χ0v) is 32.4. The maximum Gasteiger partial charge on any atom is 0.135 e. The molecule has 0 saturated heterocycles. The Morgan fingerprint density at radius 2 is 0.633 bits per heavy atom. The molecule has 278 valence electrons. The van der Waals surface area contributed by atoms with E-state index in [1.807, 2.05) is 12.1 Å². The summed E-state index contributed by atoms with van der Waals surface area (Å²) in [5.41, 5.74) is 13.1. The Labute approximate surface area is 345 Å². The monoisotopic (exact) mass is 762 g/mol. The summed E-state index contributed by atoms with van der Waals surface area (Å²) in [5, 5.41) is 14.3. The van der Waals surface area contributed by atoms with E-state index in [0.717, 1.165) is 66.1 Å². The molecule has 0 bridgehead atoms. The highest BCUT2D eigenvalue weighted by Crippen LogP contribution is 2.51. The van der Waals surface area contributed by atoms with Gasteiger partial charge in [-0.15, -0.1) is 0 Å². The Hall–Kier alpha value is -7.94. The van der Waals surface area contributed by atoms with Gasteiger partial charge in [0.25, 0.3) is 0 Å². The first-order valence-electron chi connectivity index (χ1n) is 20.6. The molecule has 0 radical (unpaired) electrons. The van der Waals surface area contributed by atoms with Gasteiger partial charge in [0.1, 0.15) is 22.3 Å². The third kappa shape index (κ3) is 4.82. The molecule has 0 aliphatic rings. The summed E-state index contributed by atoms with van der Waals surface area (Å²) in [7, 11) is 0. The smallest absolute Gasteiger partial charge is 0.135 e. The van der Waals surface area contributed by atoms with Crippen LogP contribution in [-0.2, 0) is 0 Å². The molecule has 0 spiro atoms. The van der Waals surface area contributed by atoms with Crippen molar-refractivity contribution in [1.29, 1.82) is 0 Å². The molecule has 11 aromatic carbocycles. The first-order chi connectivity index (χ1) is 29.8. The lowest BCUT2D eigenvalue weighted by atomic mass is 9.80. The third-order valence-corrected chi connectivity index (χ3v) is 12.7. The van der Waals surface area contributed by atoms with Crippen LogP contribution in [0.2, 0.25) is 0 Å². The Balaban J connectivity index is 1.17. The van der Waals surface area contributed by atoms with Gasteiger partial charge < -0.3 is 8.83 Å². The quantitative estimate of drug-likeness (QED) is 0.132. The molecule has 2 nitrogen and oxygen atoms in total. The molecule has 0 amide bonds. The molecule has 0 saturated carbocycles. The molecule has 2 heteroatoms. The fourth-order valence-electron chi connectivity index (χ4n) is 10.0. The van der Waals surface area contributed by atoms with Crippen molar-refractivity contribution in [3.05, 3.63) is 206 Å². The number of benzene rings is 11. The Kier molecular flexibility index (Phi) is 7.05. The number of rotatable bonds is 4. The SMILES string of the molecule is c1cc(-c2ccc3oc4ccccc4c3c2)c(-c2c3ccccc3c(-c3cc4ccccc4c4ccccc34)c3ccccc23)c(-c2ccc3oc4ccccc4c3c2)c1. The molecule has 0 aliphatic carbocycles. The summed E-state index contributed by atoms with van der Waals surface area (Å²) in [4.78, 5) is 0. The second-order valence-corrected chi connectivity index (χ2v) is 15.9. The van der Waals surface area contributed by atoms with Gasteiger partial charge in [-0.05, 0) is 130 Å². The summed E-state index contributed by atoms with van der Waals surface area (Å²) in [6.07, 6.45) is 0. The van der Waals surface area contributed by atoms with Crippen molar-refractivity contribution in [2.45, 2.75) is 0 Å². The van der Waals surface area contributed by atoms with Crippen LogP contribution in [-0.4, -0.2) is 0 Å². The van der Waals surface area contributed by atoms with Crippen molar-refractivity contribution in [1.82, 2.24) is 0 Å². The van der Waals surface area contributed by atoms with Crippen molar-refractivity contribution in [2.24, 2.45) is 0 Å². The average molecular weight is 763 g/mol. The van der Waals surface area contributed by atoms with Crippen LogP contribution in [0.1, 0.15) is 0 Å². The first-order valence-corrected chi connectivity index (χ1v) is 20.6. The molecule has 0 N–H and O–H groups in total. The van der Waals surface area contributed by atoms with Crippen LogP contribution in [0, 0.1) is 0 Å². The van der Waals surface area contributed by atoms with E-state index in [9.17, 15) is 0 Å². The number of para-hydroxylation sites is 2. The average Bonchev–Trinajstić information content (AvgIpc) is 3.88. The Morgan fingerprint density at radius 1 is 0.217 bits per heavy atom. The summed E-state index contributed by atoms with van der Waals surface area (Å²) in [5.74, 6) is 0. The van der Waals surface area contributed by atoms with Gasteiger partial charge in [0.2, 0.25) is 0 Å². The Morgan fingerprint density at radius 3 is 1.18 bits per heavy atom. The molecule has 13 aromatic rings. The van der Waals surface area contributed by atoms with Gasteiger partial charge in [0.05, 0.1) is 0 Å². The summed E-state index contributed by atoms with van der Waals surface area (Å²) in [6.45, 7) is 0. The molecular weight excluding hydrogens is 729 g/mol.